The number of aryl methyl sites for hydroxylation is 1. The number of likely N-dealkylation sites (tertiary alicyclic amines) is 1. The van der Waals surface area contributed by atoms with E-state index in [0.717, 1.165) is 43.7 Å². The molecular formula is C26H41N5O5. The van der Waals surface area contributed by atoms with Gasteiger partial charge < -0.3 is 24.6 Å². The van der Waals surface area contributed by atoms with Crippen LogP contribution in [0.5, 0.6) is 0 Å². The Balaban J connectivity index is 1.37. The highest BCUT2D eigenvalue weighted by Gasteiger charge is 2.40. The summed E-state index contributed by atoms with van der Waals surface area (Å²) < 4.78 is 13.1. The van der Waals surface area contributed by atoms with Gasteiger partial charge in [0.2, 0.25) is 0 Å². The molecule has 1 aromatic heterocycles. The first kappa shape index (κ1) is 26.4. The average molecular weight is 504 g/mol. The lowest BCUT2D eigenvalue weighted by Gasteiger charge is -2.36. The van der Waals surface area contributed by atoms with Gasteiger partial charge in [-0.25, -0.2) is 4.79 Å². The van der Waals surface area contributed by atoms with Crippen LogP contribution in [0.4, 0.5) is 4.79 Å². The lowest BCUT2D eigenvalue weighted by atomic mass is 9.75. The molecule has 3 aliphatic rings. The van der Waals surface area contributed by atoms with Gasteiger partial charge in [-0.05, 0) is 56.8 Å². The number of nitrogens with zero attached hydrogens (tertiary/aromatic N) is 4. The van der Waals surface area contributed by atoms with Gasteiger partial charge >= 0.3 is 12.0 Å². The van der Waals surface area contributed by atoms with Crippen LogP contribution < -0.4 is 5.32 Å². The highest BCUT2D eigenvalue weighted by molar-refractivity contribution is 5.94. The minimum absolute atomic E-state index is 0.00799. The Labute approximate surface area is 213 Å². The third kappa shape index (κ3) is 5.68. The second-order valence-electron chi connectivity index (χ2n) is 10.9. The summed E-state index contributed by atoms with van der Waals surface area (Å²) in [5, 5.41) is 7.96. The van der Waals surface area contributed by atoms with Crippen molar-refractivity contribution >= 4 is 17.9 Å². The molecule has 4 rings (SSSR count). The number of hydrogen-bond donors (Lipinski definition) is 1. The van der Waals surface area contributed by atoms with Crippen LogP contribution in [0.15, 0.2) is 0 Å². The predicted octanol–water partition coefficient (Wildman–Crippen LogP) is 2.10. The van der Waals surface area contributed by atoms with Gasteiger partial charge in [0.15, 0.2) is 0 Å². The summed E-state index contributed by atoms with van der Waals surface area (Å²) in [6.45, 7) is 8.25. The normalized spacial score (nSPS) is 20.9. The van der Waals surface area contributed by atoms with Crippen LogP contribution in [0.1, 0.15) is 61.3 Å². The van der Waals surface area contributed by atoms with E-state index >= 15 is 0 Å². The lowest BCUT2D eigenvalue weighted by Crippen LogP contribution is -2.45. The fraction of sp³-hybridized carbons (Fsp3) is 0.769. The number of carbonyl (C=O) groups is 3. The van der Waals surface area contributed by atoms with Crippen LogP contribution in [0.2, 0.25) is 0 Å². The van der Waals surface area contributed by atoms with Gasteiger partial charge in [0.25, 0.3) is 5.91 Å². The smallest absolute Gasteiger partial charge is 0.319 e. The van der Waals surface area contributed by atoms with Crippen molar-refractivity contribution in [1.82, 2.24) is 24.9 Å². The van der Waals surface area contributed by atoms with Crippen LogP contribution in [0.3, 0.4) is 0 Å². The molecule has 1 aromatic rings. The first-order valence-corrected chi connectivity index (χ1v) is 13.3. The predicted molar refractivity (Wildman–Crippen MR) is 134 cm³/mol. The molecule has 1 atom stereocenters. The van der Waals surface area contributed by atoms with E-state index in [1.165, 1.54) is 0 Å². The van der Waals surface area contributed by atoms with E-state index in [1.54, 1.807) is 23.9 Å². The van der Waals surface area contributed by atoms with E-state index in [0.29, 0.717) is 57.7 Å². The number of carbonyl (C=O) groups excluding carboxylic acids is 3. The number of esters is 1. The molecule has 1 spiro atoms. The Kier molecular flexibility index (Phi) is 8.22. The molecule has 0 bridgehead atoms. The first-order valence-electron chi connectivity index (χ1n) is 13.3. The number of nitrogens with one attached hydrogen (secondary N) is 1. The van der Waals surface area contributed by atoms with E-state index in [4.69, 9.17) is 14.6 Å². The lowest BCUT2D eigenvalue weighted by molar-refractivity contribution is -0.151. The van der Waals surface area contributed by atoms with E-state index in [-0.39, 0.29) is 35.2 Å². The standard InChI is InChI=1S/C26H41N5O5/c1-5-31-22-20(15-26(17-27-23(22)32)8-12-35-13-9-26)21(28-31)14-18(2)16-36-24(33)19-6-10-30(11-7-19)25(34)29(3)4/h18-19H,5-17H2,1-4H3,(H,27,32)/t18-/m1/s1. The van der Waals surface area contributed by atoms with Crippen molar-refractivity contribution in [2.24, 2.45) is 17.3 Å². The highest BCUT2D eigenvalue weighted by atomic mass is 16.5. The van der Waals surface area contributed by atoms with Crippen molar-refractivity contribution in [3.05, 3.63) is 17.0 Å². The van der Waals surface area contributed by atoms with Gasteiger partial charge in [-0.3, -0.25) is 14.3 Å². The monoisotopic (exact) mass is 503 g/mol. The van der Waals surface area contributed by atoms with Crippen molar-refractivity contribution in [3.63, 3.8) is 0 Å². The molecule has 2 saturated heterocycles. The Hall–Kier alpha value is -2.62. The molecule has 2 fully saturated rings. The van der Waals surface area contributed by atoms with Crippen LogP contribution >= 0.6 is 0 Å². The summed E-state index contributed by atoms with van der Waals surface area (Å²) in [5.74, 6) is -0.328. The third-order valence-corrected chi connectivity index (χ3v) is 7.91. The molecule has 36 heavy (non-hydrogen) atoms. The van der Waals surface area contributed by atoms with Gasteiger partial charge in [0, 0.05) is 59.1 Å². The Morgan fingerprint density at radius 3 is 2.58 bits per heavy atom. The van der Waals surface area contributed by atoms with Gasteiger partial charge in [-0.1, -0.05) is 6.92 Å². The SMILES string of the molecule is CCn1nc(C[C@@H](C)COC(=O)C2CCN(C(=O)N(C)C)CC2)c2c1C(=O)NCC1(CCOCC1)C2. The van der Waals surface area contributed by atoms with Gasteiger partial charge in [-0.2, -0.15) is 5.10 Å². The van der Waals surface area contributed by atoms with Crippen LogP contribution in [0, 0.1) is 17.3 Å². The quantitative estimate of drug-likeness (QED) is 0.596. The molecule has 200 valence electrons. The summed E-state index contributed by atoms with van der Waals surface area (Å²) in [4.78, 5) is 41.2. The van der Waals surface area contributed by atoms with E-state index in [9.17, 15) is 14.4 Å². The van der Waals surface area contributed by atoms with Crippen LogP contribution in [-0.4, -0.2) is 91.0 Å². The zero-order chi connectivity index (χ0) is 25.9. The van der Waals surface area contributed by atoms with Crippen LogP contribution in [0.25, 0.3) is 0 Å². The van der Waals surface area contributed by atoms with Crippen molar-refractivity contribution in [2.45, 2.75) is 58.9 Å². The van der Waals surface area contributed by atoms with Gasteiger partial charge in [0.1, 0.15) is 5.69 Å². The van der Waals surface area contributed by atoms with E-state index < -0.39 is 0 Å². The summed E-state index contributed by atoms with van der Waals surface area (Å²) in [6, 6.07) is -0.0164. The maximum atomic E-state index is 13.0. The molecule has 4 heterocycles. The number of amides is 3. The molecule has 0 unspecified atom stereocenters. The Bertz CT molecular complexity index is 960. The number of urea groups is 1. The van der Waals surface area contributed by atoms with E-state index in [2.05, 4.69) is 12.2 Å². The zero-order valence-electron chi connectivity index (χ0n) is 22.2. The summed E-state index contributed by atoms with van der Waals surface area (Å²) in [6.07, 6.45) is 4.57. The molecule has 10 heteroatoms. The zero-order valence-corrected chi connectivity index (χ0v) is 22.2. The van der Waals surface area contributed by atoms with Gasteiger partial charge in [-0.15, -0.1) is 0 Å². The summed E-state index contributed by atoms with van der Waals surface area (Å²) in [7, 11) is 3.48. The number of aromatic nitrogens is 2. The number of ether oxygens (including phenoxy) is 2. The molecule has 10 nitrogen and oxygen atoms in total. The van der Waals surface area contributed by atoms with Crippen molar-refractivity contribution in [1.29, 1.82) is 0 Å². The minimum Gasteiger partial charge on any atom is -0.465 e. The topological polar surface area (TPSA) is 106 Å². The molecule has 3 aliphatic heterocycles. The Morgan fingerprint density at radius 1 is 1.25 bits per heavy atom. The maximum Gasteiger partial charge on any atom is 0.319 e. The van der Waals surface area contributed by atoms with Crippen molar-refractivity contribution in [3.8, 4) is 0 Å². The van der Waals surface area contributed by atoms with Crippen LogP contribution in [-0.2, 0) is 33.7 Å². The first-order chi connectivity index (χ1) is 17.2. The molecule has 0 aromatic carbocycles. The second kappa shape index (κ2) is 11.2. The van der Waals surface area contributed by atoms with Gasteiger partial charge in [0.05, 0.1) is 18.2 Å². The van der Waals surface area contributed by atoms with Crippen molar-refractivity contribution in [2.75, 3.05) is 53.6 Å². The average Bonchev–Trinajstić information content (AvgIpc) is 3.15. The molecular weight excluding hydrogens is 462 g/mol. The molecule has 1 N–H and O–H groups in total. The fourth-order valence-electron chi connectivity index (χ4n) is 5.65. The molecule has 0 radical (unpaired) electrons. The fourth-order valence-corrected chi connectivity index (χ4v) is 5.65. The van der Waals surface area contributed by atoms with E-state index in [1.807, 2.05) is 11.6 Å². The number of rotatable bonds is 6. The Morgan fingerprint density at radius 2 is 1.94 bits per heavy atom. The maximum absolute atomic E-state index is 13.0. The molecule has 0 saturated carbocycles. The molecule has 0 aliphatic carbocycles. The molecule has 3 amide bonds. The number of fused-ring (bicyclic) bond motifs is 1. The van der Waals surface area contributed by atoms with Crippen molar-refractivity contribution < 1.29 is 23.9 Å². The number of piperidine rings is 1. The largest absolute Gasteiger partial charge is 0.465 e. The summed E-state index contributed by atoms with van der Waals surface area (Å²) in [5.41, 5.74) is 2.67. The third-order valence-electron chi connectivity index (χ3n) is 7.91. The second-order valence-corrected chi connectivity index (χ2v) is 10.9. The highest BCUT2D eigenvalue weighted by Crippen LogP contribution is 2.38. The number of hydrogen-bond acceptors (Lipinski definition) is 6. The summed E-state index contributed by atoms with van der Waals surface area (Å²) >= 11 is 0. The minimum atomic E-state index is -0.183.